The molecule has 0 amide bonds. The molecule has 1 spiro atoms. The van der Waals surface area contributed by atoms with Crippen molar-refractivity contribution >= 4 is 6.29 Å². The van der Waals surface area contributed by atoms with Crippen molar-refractivity contribution in [1.29, 1.82) is 0 Å². The van der Waals surface area contributed by atoms with Crippen LogP contribution in [0.25, 0.3) is 0 Å². The van der Waals surface area contributed by atoms with Crippen LogP contribution in [0.15, 0.2) is 0 Å². The number of ether oxygens (including phenoxy) is 9. The smallest absolute Gasteiger partial charge is 0.187 e. The van der Waals surface area contributed by atoms with Gasteiger partial charge in [0.2, 0.25) is 0 Å². The van der Waals surface area contributed by atoms with E-state index >= 15 is 0 Å². The third-order valence-electron chi connectivity index (χ3n) is 22.3. The first-order valence-electron chi connectivity index (χ1n) is 27.5. The highest BCUT2D eigenvalue weighted by atomic mass is 16.8. The summed E-state index contributed by atoms with van der Waals surface area (Å²) in [6, 6.07) is 0. The molecule has 5 saturated heterocycles. The van der Waals surface area contributed by atoms with Crippen LogP contribution in [0, 0.1) is 50.2 Å². The van der Waals surface area contributed by atoms with E-state index in [9.17, 15) is 66.1 Å². The molecule has 430 valence electrons. The average molecular weight is 1080 g/mol. The zero-order valence-corrected chi connectivity index (χ0v) is 44.3. The maximum Gasteiger partial charge on any atom is 0.187 e. The highest BCUT2D eigenvalue weighted by Crippen LogP contribution is 2.80. The Bertz CT molecular complexity index is 2050. The van der Waals surface area contributed by atoms with Crippen LogP contribution in [0.4, 0.5) is 0 Å². The van der Waals surface area contributed by atoms with Crippen LogP contribution in [-0.2, 0) is 47.4 Å². The lowest BCUT2D eigenvalue weighted by atomic mass is 9.30. The monoisotopic (exact) mass is 1070 g/mol. The molecule has 5 heterocycles. The zero-order valence-electron chi connectivity index (χ0n) is 44.3. The Morgan fingerprint density at radius 3 is 1.81 bits per heavy atom. The lowest BCUT2D eigenvalue weighted by Crippen LogP contribution is -2.74. The van der Waals surface area contributed by atoms with Crippen molar-refractivity contribution in [1.82, 2.24) is 0 Å². The molecule has 0 aromatic heterocycles. The first kappa shape index (κ1) is 57.1. The third kappa shape index (κ3) is 8.54. The Morgan fingerprint density at radius 1 is 0.560 bits per heavy atom. The summed E-state index contributed by atoms with van der Waals surface area (Å²) < 4.78 is 56.3. The molecule has 0 radical (unpaired) electrons. The summed E-state index contributed by atoms with van der Waals surface area (Å²) in [5, 5.41) is 131. The van der Waals surface area contributed by atoms with Crippen molar-refractivity contribution < 1.29 is 109 Å². The predicted molar refractivity (Wildman–Crippen MR) is 255 cm³/mol. The van der Waals surface area contributed by atoms with Gasteiger partial charge < -0.3 is 109 Å². The van der Waals surface area contributed by atoms with Gasteiger partial charge in [0.25, 0.3) is 0 Å². The van der Waals surface area contributed by atoms with Gasteiger partial charge in [0.15, 0.2) is 25.2 Å². The van der Waals surface area contributed by atoms with Crippen LogP contribution in [0.3, 0.4) is 0 Å². The molecule has 10 rings (SSSR count). The van der Waals surface area contributed by atoms with E-state index in [1.807, 2.05) is 0 Å². The summed E-state index contributed by atoms with van der Waals surface area (Å²) >= 11 is 0. The third-order valence-corrected chi connectivity index (χ3v) is 22.3. The Hall–Kier alpha value is -1.17. The molecule has 2 bridgehead atoms. The number of aliphatic hydroxyl groups is 12. The fourth-order valence-electron chi connectivity index (χ4n) is 17.6. The molecule has 10 fully saturated rings. The number of fused-ring (bicyclic) bond motifs is 4. The van der Waals surface area contributed by atoms with Gasteiger partial charge in [-0.2, -0.15) is 0 Å². The summed E-state index contributed by atoms with van der Waals surface area (Å²) in [5.41, 5.74) is -2.58. The van der Waals surface area contributed by atoms with Gasteiger partial charge in [0.1, 0.15) is 91.7 Å². The van der Waals surface area contributed by atoms with Gasteiger partial charge in [-0.1, -0.05) is 41.5 Å². The summed E-state index contributed by atoms with van der Waals surface area (Å²) in [6.07, 6.45) is -23.3. The van der Waals surface area contributed by atoms with E-state index in [-0.39, 0.29) is 39.4 Å². The molecule has 12 N–H and O–H groups in total. The largest absolute Gasteiger partial charge is 0.394 e. The number of carbonyl (C=O) groups excluding carboxylic acids is 1. The normalized spacial score (nSPS) is 58.5. The van der Waals surface area contributed by atoms with Crippen molar-refractivity contribution in [3.63, 3.8) is 0 Å². The SMILES string of the molecule is C[C@@H]1O[C@@H](O[C@H]2[C@H](O[C@H]3CO[C@@H](O[C@H]4CC[C@]5(C)[C@H]6CC[C@]78OC[C@@]9(CC[C@](C)(C=O)C[C@H]97)[C@H](O)C[C@@]8(C)[C@]6(C)CC[C@H]5C4(C)C)[C@H](O[C@@H]4O[C@H](CO)[C@@H](O)[C@H](O)[C@H]4O)[C@H]3O)O[C@H](CO)[C@@H](O)[C@@H]2O)[C@H](O)[C@H](O)[C@H]1O. The van der Waals surface area contributed by atoms with E-state index in [1.165, 1.54) is 6.92 Å². The van der Waals surface area contributed by atoms with E-state index in [1.54, 1.807) is 0 Å². The van der Waals surface area contributed by atoms with E-state index in [0.29, 0.717) is 25.9 Å². The van der Waals surface area contributed by atoms with E-state index in [4.69, 9.17) is 42.6 Å². The molecule has 30 atom stereocenters. The lowest BCUT2D eigenvalue weighted by molar-refractivity contribution is -0.394. The molecule has 5 aliphatic heterocycles. The Labute approximate surface area is 437 Å². The van der Waals surface area contributed by atoms with Crippen LogP contribution >= 0.6 is 0 Å². The van der Waals surface area contributed by atoms with Gasteiger partial charge in [-0.25, -0.2) is 0 Å². The van der Waals surface area contributed by atoms with Crippen LogP contribution in [0.1, 0.15) is 113 Å². The molecule has 22 nitrogen and oxygen atoms in total. The van der Waals surface area contributed by atoms with Gasteiger partial charge in [0, 0.05) is 16.2 Å². The van der Waals surface area contributed by atoms with Gasteiger partial charge >= 0.3 is 0 Å². The van der Waals surface area contributed by atoms with Crippen LogP contribution < -0.4 is 0 Å². The maximum absolute atomic E-state index is 12.6. The van der Waals surface area contributed by atoms with Crippen molar-refractivity contribution in [2.24, 2.45) is 50.2 Å². The minimum Gasteiger partial charge on any atom is -0.394 e. The first-order chi connectivity index (χ1) is 35.2. The van der Waals surface area contributed by atoms with Gasteiger partial charge in [-0.3, -0.25) is 0 Å². The molecule has 5 aliphatic carbocycles. The molecule has 5 saturated carbocycles. The van der Waals surface area contributed by atoms with E-state index in [2.05, 4.69) is 41.5 Å². The van der Waals surface area contributed by atoms with Gasteiger partial charge in [-0.05, 0) is 105 Å². The maximum atomic E-state index is 12.6. The number of hydrogen-bond acceptors (Lipinski definition) is 22. The fourth-order valence-corrected chi connectivity index (χ4v) is 17.6. The van der Waals surface area contributed by atoms with Crippen molar-refractivity contribution in [2.45, 2.75) is 247 Å². The minimum absolute atomic E-state index is 0.0717. The fraction of sp³-hybridized carbons (Fsp3) is 0.981. The van der Waals surface area contributed by atoms with Crippen LogP contribution in [-0.4, -0.2) is 229 Å². The van der Waals surface area contributed by atoms with Crippen molar-refractivity contribution in [3.8, 4) is 0 Å². The Kier molecular flexibility index (Phi) is 15.3. The van der Waals surface area contributed by atoms with Crippen LogP contribution in [0.2, 0.25) is 0 Å². The average Bonchev–Trinajstić information content (AvgIpc) is 3.66. The number of hydrogen-bond donors (Lipinski definition) is 12. The second-order valence-corrected chi connectivity index (χ2v) is 26.2. The highest BCUT2D eigenvalue weighted by Gasteiger charge is 2.80. The molecule has 0 aromatic rings. The van der Waals surface area contributed by atoms with Gasteiger partial charge in [0.05, 0.1) is 50.3 Å². The van der Waals surface area contributed by atoms with Crippen molar-refractivity contribution in [2.75, 3.05) is 26.4 Å². The van der Waals surface area contributed by atoms with Crippen LogP contribution in [0.5, 0.6) is 0 Å². The summed E-state index contributed by atoms with van der Waals surface area (Å²) in [4.78, 5) is 12.6. The number of aliphatic hydroxyl groups excluding tert-OH is 12. The van der Waals surface area contributed by atoms with Gasteiger partial charge in [-0.15, -0.1) is 0 Å². The second-order valence-electron chi connectivity index (χ2n) is 26.2. The van der Waals surface area contributed by atoms with E-state index < -0.39 is 165 Å². The number of aldehydes is 1. The number of carbonyl (C=O) groups is 1. The molecule has 10 aliphatic rings. The van der Waals surface area contributed by atoms with E-state index in [0.717, 1.165) is 51.2 Å². The summed E-state index contributed by atoms with van der Waals surface area (Å²) in [5.74, 6) is 0.451. The summed E-state index contributed by atoms with van der Waals surface area (Å²) in [7, 11) is 0. The number of rotatable bonds is 11. The Balaban J connectivity index is 0.902. The quantitative estimate of drug-likeness (QED) is 0.0827. The Morgan fingerprint density at radius 2 is 1.16 bits per heavy atom. The standard InChI is InChI=1S/C53H86O22/c1-23-32(58)36(62)39(65)43(69-23)75-42-38(64)34(60)25(19-55)71-46(42)72-26-20-67-45(41(35(26)61)74-44-40(66)37(63)33(59)24(18-54)70-44)73-31-10-11-49(5)27(47(31,2)3)8-12-50(6)28(49)9-13-53-29-16-48(4,21-56)14-15-52(29,22-68-53)30(57)17-51(50,53)7/h21,23-46,54-55,57-66H,8-20,22H2,1-7H3/t23-,24+,25+,26-,27-,28+,29+,30+,31-,32-,33+,34+,35-,36+,37-,38-,39+,40+,41+,42+,43-,44-,45-,46-,48-,49-,50+,51-,52+,53-/m0/s1. The molecular formula is C53H86O22. The lowest BCUT2D eigenvalue weighted by Gasteiger charge is -2.75. The predicted octanol–water partition coefficient (Wildman–Crippen LogP) is -1.50. The zero-order chi connectivity index (χ0) is 54.3. The molecule has 0 aromatic carbocycles. The summed E-state index contributed by atoms with van der Waals surface area (Å²) in [6.45, 7) is 13.6. The van der Waals surface area contributed by atoms with Crippen molar-refractivity contribution in [3.05, 3.63) is 0 Å². The molecular weight excluding hydrogens is 989 g/mol. The second kappa shape index (κ2) is 20.1. The molecule has 22 heteroatoms. The first-order valence-corrected chi connectivity index (χ1v) is 27.5. The topological polar surface area (TPSA) is 343 Å². The highest BCUT2D eigenvalue weighted by molar-refractivity contribution is 5.59. The molecule has 75 heavy (non-hydrogen) atoms. The minimum atomic E-state index is -1.89. The molecule has 0 unspecified atom stereocenters.